The van der Waals surface area contributed by atoms with Crippen molar-refractivity contribution in [2.75, 3.05) is 0 Å². The number of benzene rings is 1. The van der Waals surface area contributed by atoms with Gasteiger partial charge >= 0.3 is 6.36 Å². The maximum atomic E-state index is 13.3. The van der Waals surface area contributed by atoms with Gasteiger partial charge in [-0.15, -0.1) is 13.2 Å². The molecule has 18 heavy (non-hydrogen) atoms. The van der Waals surface area contributed by atoms with Crippen LogP contribution in [0.15, 0.2) is 18.2 Å². The molecule has 0 aliphatic carbocycles. The molecule has 0 heterocycles. The van der Waals surface area contributed by atoms with E-state index in [1.54, 1.807) is 0 Å². The van der Waals surface area contributed by atoms with Gasteiger partial charge in [0.05, 0.1) is 6.07 Å². The number of alkyl halides is 3. The van der Waals surface area contributed by atoms with E-state index in [2.05, 4.69) is 4.74 Å². The lowest BCUT2D eigenvalue weighted by Gasteiger charge is -2.14. The van der Waals surface area contributed by atoms with Crippen molar-refractivity contribution in [3.05, 3.63) is 29.6 Å². The van der Waals surface area contributed by atoms with Crippen LogP contribution in [0.4, 0.5) is 17.6 Å². The van der Waals surface area contributed by atoms with Gasteiger partial charge < -0.3 is 14.9 Å². The molecular weight excluding hydrogens is 258 g/mol. The topological polar surface area (TPSA) is 73.5 Å². The van der Waals surface area contributed by atoms with E-state index in [0.29, 0.717) is 6.07 Å². The summed E-state index contributed by atoms with van der Waals surface area (Å²) in [5.41, 5.74) is -0.501. The minimum Gasteiger partial charge on any atom is -0.406 e. The fourth-order valence-electron chi connectivity index (χ4n) is 1.19. The Morgan fingerprint density at radius 3 is 2.33 bits per heavy atom. The fraction of sp³-hybridized carbons (Fsp3) is 0.300. The van der Waals surface area contributed by atoms with Crippen LogP contribution >= 0.6 is 0 Å². The third-order valence-electron chi connectivity index (χ3n) is 1.96. The number of halogens is 4. The summed E-state index contributed by atoms with van der Waals surface area (Å²) in [4.78, 5) is 0. The molecule has 0 radical (unpaired) electrons. The second kappa shape index (κ2) is 5.20. The molecule has 2 atom stereocenters. The van der Waals surface area contributed by atoms with Crippen molar-refractivity contribution >= 4 is 0 Å². The summed E-state index contributed by atoms with van der Waals surface area (Å²) >= 11 is 0. The number of nitriles is 1. The second-order valence-electron chi connectivity index (χ2n) is 3.25. The van der Waals surface area contributed by atoms with E-state index >= 15 is 0 Å². The predicted molar refractivity (Wildman–Crippen MR) is 49.7 cm³/mol. The molecule has 1 rings (SSSR count). The van der Waals surface area contributed by atoms with E-state index in [1.165, 1.54) is 6.07 Å². The lowest BCUT2D eigenvalue weighted by Crippen LogP contribution is -2.19. The summed E-state index contributed by atoms with van der Waals surface area (Å²) in [7, 11) is 0. The molecule has 0 bridgehead atoms. The Balaban J connectivity index is 2.97. The van der Waals surface area contributed by atoms with Crippen LogP contribution in [0.3, 0.4) is 0 Å². The largest absolute Gasteiger partial charge is 0.573 e. The number of nitrogens with zero attached hydrogens (tertiary/aromatic N) is 1. The first-order valence-corrected chi connectivity index (χ1v) is 4.55. The van der Waals surface area contributed by atoms with Crippen molar-refractivity contribution in [3.63, 3.8) is 0 Å². The Morgan fingerprint density at radius 1 is 1.28 bits per heavy atom. The van der Waals surface area contributed by atoms with Crippen LogP contribution in [0.1, 0.15) is 11.7 Å². The SMILES string of the molecule is N#CC(O)C(O)c1ccc(OC(F)(F)F)cc1F. The molecule has 0 saturated heterocycles. The van der Waals surface area contributed by atoms with Crippen LogP contribution in [0, 0.1) is 17.1 Å². The van der Waals surface area contributed by atoms with E-state index in [1.807, 2.05) is 0 Å². The smallest absolute Gasteiger partial charge is 0.406 e. The monoisotopic (exact) mass is 265 g/mol. The summed E-state index contributed by atoms with van der Waals surface area (Å²) < 4.78 is 52.3. The summed E-state index contributed by atoms with van der Waals surface area (Å²) in [6, 6.07) is 3.23. The molecule has 1 aromatic carbocycles. The minimum atomic E-state index is -4.96. The molecule has 1 aromatic rings. The molecular formula is C10H7F4NO3. The Labute approximate surface area is 98.6 Å². The Bertz CT molecular complexity index is 469. The van der Waals surface area contributed by atoms with Gasteiger partial charge in [0, 0.05) is 11.6 Å². The zero-order chi connectivity index (χ0) is 13.9. The number of hydrogen-bond acceptors (Lipinski definition) is 4. The van der Waals surface area contributed by atoms with E-state index in [9.17, 15) is 22.7 Å². The van der Waals surface area contributed by atoms with E-state index in [0.717, 1.165) is 12.1 Å². The number of aliphatic hydroxyl groups is 2. The first-order chi connectivity index (χ1) is 8.24. The van der Waals surface area contributed by atoms with Gasteiger partial charge in [0.1, 0.15) is 17.7 Å². The molecule has 0 saturated carbocycles. The number of hydrogen-bond donors (Lipinski definition) is 2. The van der Waals surface area contributed by atoms with Gasteiger partial charge in [-0.1, -0.05) is 0 Å². The van der Waals surface area contributed by atoms with Crippen LogP contribution in [-0.4, -0.2) is 22.7 Å². The molecule has 8 heteroatoms. The number of aliphatic hydroxyl groups excluding tert-OH is 2. The maximum absolute atomic E-state index is 13.3. The summed E-state index contributed by atoms with van der Waals surface area (Å²) in [5, 5.41) is 26.6. The molecule has 0 fully saturated rings. The second-order valence-corrected chi connectivity index (χ2v) is 3.25. The van der Waals surface area contributed by atoms with Crippen molar-refractivity contribution < 1.29 is 32.5 Å². The highest BCUT2D eigenvalue weighted by atomic mass is 19.4. The lowest BCUT2D eigenvalue weighted by molar-refractivity contribution is -0.274. The molecule has 0 amide bonds. The van der Waals surface area contributed by atoms with Crippen LogP contribution < -0.4 is 4.74 Å². The van der Waals surface area contributed by atoms with Crippen LogP contribution in [0.25, 0.3) is 0 Å². The van der Waals surface area contributed by atoms with Crippen LogP contribution in [0.5, 0.6) is 5.75 Å². The average molecular weight is 265 g/mol. The van der Waals surface area contributed by atoms with Crippen LogP contribution in [-0.2, 0) is 0 Å². The summed E-state index contributed by atoms with van der Waals surface area (Å²) in [6.45, 7) is 0. The molecule has 0 aliphatic rings. The fourth-order valence-corrected chi connectivity index (χ4v) is 1.19. The highest BCUT2D eigenvalue weighted by Crippen LogP contribution is 2.27. The average Bonchev–Trinajstić information content (AvgIpc) is 2.25. The third-order valence-corrected chi connectivity index (χ3v) is 1.96. The standard InChI is InChI=1S/C10H7F4NO3/c11-7-3-5(18-10(12,13)14)1-2-6(7)9(17)8(16)4-15/h1-3,8-9,16-17H. The number of ether oxygens (including phenoxy) is 1. The Kier molecular flexibility index (Phi) is 4.11. The Hall–Kier alpha value is -1.85. The first kappa shape index (κ1) is 14.2. The zero-order valence-electron chi connectivity index (χ0n) is 8.65. The normalized spacial score (nSPS) is 14.7. The maximum Gasteiger partial charge on any atom is 0.573 e. The van der Waals surface area contributed by atoms with Gasteiger partial charge in [0.25, 0.3) is 0 Å². The van der Waals surface area contributed by atoms with Gasteiger partial charge in [-0.2, -0.15) is 5.26 Å². The highest BCUT2D eigenvalue weighted by Gasteiger charge is 2.31. The van der Waals surface area contributed by atoms with Gasteiger partial charge in [0.15, 0.2) is 6.10 Å². The van der Waals surface area contributed by atoms with Crippen molar-refractivity contribution in [3.8, 4) is 11.8 Å². The van der Waals surface area contributed by atoms with Crippen molar-refractivity contribution in [1.82, 2.24) is 0 Å². The van der Waals surface area contributed by atoms with Crippen molar-refractivity contribution in [2.24, 2.45) is 0 Å². The van der Waals surface area contributed by atoms with Gasteiger partial charge in [-0.25, -0.2) is 4.39 Å². The van der Waals surface area contributed by atoms with E-state index < -0.39 is 35.7 Å². The van der Waals surface area contributed by atoms with E-state index in [-0.39, 0.29) is 0 Å². The van der Waals surface area contributed by atoms with Crippen LogP contribution in [0.2, 0.25) is 0 Å². The molecule has 2 N–H and O–H groups in total. The quantitative estimate of drug-likeness (QED) is 0.643. The van der Waals surface area contributed by atoms with E-state index in [4.69, 9.17) is 10.4 Å². The Morgan fingerprint density at radius 2 is 1.89 bits per heavy atom. The molecule has 4 nitrogen and oxygen atoms in total. The van der Waals surface area contributed by atoms with Crippen molar-refractivity contribution in [2.45, 2.75) is 18.6 Å². The molecule has 0 aromatic heterocycles. The lowest BCUT2D eigenvalue weighted by atomic mass is 10.0. The zero-order valence-corrected chi connectivity index (χ0v) is 8.65. The highest BCUT2D eigenvalue weighted by molar-refractivity contribution is 5.31. The molecule has 0 spiro atoms. The van der Waals surface area contributed by atoms with Crippen molar-refractivity contribution in [1.29, 1.82) is 5.26 Å². The summed E-state index contributed by atoms with van der Waals surface area (Å²) in [5.74, 6) is -2.03. The molecule has 98 valence electrons. The molecule has 0 aliphatic heterocycles. The first-order valence-electron chi connectivity index (χ1n) is 4.55. The summed E-state index contributed by atoms with van der Waals surface area (Å²) in [6.07, 6.45) is -8.69. The number of rotatable bonds is 3. The third kappa shape index (κ3) is 3.58. The van der Waals surface area contributed by atoms with Gasteiger partial charge in [0.2, 0.25) is 0 Å². The minimum absolute atomic E-state index is 0.399. The molecule has 2 unspecified atom stereocenters. The van der Waals surface area contributed by atoms with Gasteiger partial charge in [-0.05, 0) is 12.1 Å². The van der Waals surface area contributed by atoms with Gasteiger partial charge in [-0.3, -0.25) is 0 Å². The predicted octanol–water partition coefficient (Wildman–Crippen LogP) is 1.64.